The molecule has 0 aliphatic carbocycles. The number of aryl methyl sites for hydroxylation is 1. The van der Waals surface area contributed by atoms with Crippen LogP contribution < -0.4 is 0 Å². The molecule has 0 atom stereocenters. The Bertz CT molecular complexity index is 882. The van der Waals surface area contributed by atoms with Gasteiger partial charge in [-0.25, -0.2) is 9.67 Å². The van der Waals surface area contributed by atoms with E-state index < -0.39 is 0 Å². The van der Waals surface area contributed by atoms with Crippen LogP contribution in [0.5, 0.6) is 0 Å². The Hall–Kier alpha value is -2.69. The zero-order valence-corrected chi connectivity index (χ0v) is 14.5. The van der Waals surface area contributed by atoms with Crippen LogP contribution in [-0.2, 0) is 6.54 Å². The fourth-order valence-corrected chi connectivity index (χ4v) is 2.77. The average Bonchev–Trinajstić information content (AvgIpc) is 2.99. The maximum Gasteiger partial charge on any atom is 0.255 e. The van der Waals surface area contributed by atoms with Gasteiger partial charge in [0, 0.05) is 31.2 Å². The highest BCUT2D eigenvalue weighted by molar-refractivity contribution is 5.96. The van der Waals surface area contributed by atoms with Gasteiger partial charge >= 0.3 is 0 Å². The second-order valence-corrected chi connectivity index (χ2v) is 6.41. The topological polar surface area (TPSA) is 51.0 Å². The molecule has 0 bridgehead atoms. The molecular weight excluding hydrogens is 300 g/mol. The summed E-state index contributed by atoms with van der Waals surface area (Å²) in [5, 5.41) is 5.24. The molecule has 0 aliphatic heterocycles. The van der Waals surface area contributed by atoms with E-state index in [0.717, 1.165) is 16.6 Å². The van der Waals surface area contributed by atoms with Crippen LogP contribution in [-0.4, -0.2) is 32.6 Å². The third-order valence-corrected chi connectivity index (χ3v) is 4.18. The highest BCUT2D eigenvalue weighted by atomic mass is 16.2. The number of fused-ring (bicyclic) bond motifs is 1. The van der Waals surface area contributed by atoms with Crippen molar-refractivity contribution in [1.82, 2.24) is 19.7 Å². The number of amides is 1. The summed E-state index contributed by atoms with van der Waals surface area (Å²) in [6.45, 7) is 6.75. The van der Waals surface area contributed by atoms with E-state index in [9.17, 15) is 4.79 Å². The molecule has 5 heteroatoms. The number of aromatic nitrogens is 3. The van der Waals surface area contributed by atoms with E-state index in [4.69, 9.17) is 0 Å². The minimum Gasteiger partial charge on any atom is -0.337 e. The lowest BCUT2D eigenvalue weighted by molar-refractivity contribution is 0.0784. The fourth-order valence-electron chi connectivity index (χ4n) is 2.77. The van der Waals surface area contributed by atoms with Crippen molar-refractivity contribution in [2.24, 2.45) is 0 Å². The normalized spacial score (nSPS) is 11.2. The zero-order chi connectivity index (χ0) is 17.3. The van der Waals surface area contributed by atoms with Gasteiger partial charge in [0.25, 0.3) is 5.91 Å². The average molecular weight is 322 g/mol. The molecule has 1 aromatic carbocycles. The fraction of sp³-hybridized carbons (Fsp3) is 0.316. The van der Waals surface area contributed by atoms with Gasteiger partial charge < -0.3 is 4.90 Å². The Morgan fingerprint density at radius 2 is 2.00 bits per heavy atom. The van der Waals surface area contributed by atoms with Gasteiger partial charge in [0.15, 0.2) is 5.65 Å². The van der Waals surface area contributed by atoms with E-state index in [2.05, 4.69) is 36.9 Å². The van der Waals surface area contributed by atoms with E-state index in [1.807, 2.05) is 36.0 Å². The molecule has 2 heterocycles. The Morgan fingerprint density at radius 1 is 1.25 bits per heavy atom. The Balaban J connectivity index is 1.84. The number of hydrogen-bond acceptors (Lipinski definition) is 3. The molecule has 124 valence electrons. The molecule has 3 rings (SSSR count). The summed E-state index contributed by atoms with van der Waals surface area (Å²) < 4.78 is 1.86. The van der Waals surface area contributed by atoms with Gasteiger partial charge in [0.05, 0.1) is 11.8 Å². The molecule has 0 radical (unpaired) electrons. The summed E-state index contributed by atoms with van der Waals surface area (Å²) in [5.74, 6) is -0.0371. The molecular formula is C19H22N4O. The van der Waals surface area contributed by atoms with Crippen LogP contribution in [0.1, 0.15) is 41.4 Å². The number of carbonyl (C=O) groups is 1. The number of benzene rings is 1. The van der Waals surface area contributed by atoms with Crippen molar-refractivity contribution >= 4 is 16.9 Å². The van der Waals surface area contributed by atoms with Gasteiger partial charge in [-0.3, -0.25) is 4.79 Å². The number of pyridine rings is 1. The lowest BCUT2D eigenvalue weighted by Crippen LogP contribution is -2.26. The predicted molar refractivity (Wildman–Crippen MR) is 94.9 cm³/mol. The van der Waals surface area contributed by atoms with Crippen LogP contribution in [0, 0.1) is 6.92 Å². The van der Waals surface area contributed by atoms with E-state index in [1.165, 1.54) is 5.56 Å². The monoisotopic (exact) mass is 322 g/mol. The molecule has 3 aromatic rings. The Morgan fingerprint density at radius 3 is 2.71 bits per heavy atom. The number of carbonyl (C=O) groups excluding carboxylic acids is 1. The minimum atomic E-state index is -0.0371. The van der Waals surface area contributed by atoms with Crippen molar-refractivity contribution in [3.05, 3.63) is 59.4 Å². The van der Waals surface area contributed by atoms with E-state index in [-0.39, 0.29) is 11.9 Å². The number of hydrogen-bond donors (Lipinski definition) is 0. The van der Waals surface area contributed by atoms with Crippen LogP contribution in [0.2, 0.25) is 0 Å². The van der Waals surface area contributed by atoms with Gasteiger partial charge in [-0.15, -0.1) is 0 Å². The largest absolute Gasteiger partial charge is 0.337 e. The Labute approximate surface area is 141 Å². The lowest BCUT2D eigenvalue weighted by Gasteiger charge is -2.18. The first kappa shape index (κ1) is 16.2. The molecule has 0 N–H and O–H groups in total. The minimum absolute atomic E-state index is 0.0371. The summed E-state index contributed by atoms with van der Waals surface area (Å²) in [5.41, 5.74) is 3.73. The standard InChI is InChI=1S/C19H22N4O/c1-13(2)23-18-16(11-21-23)9-17(10-20-18)19(24)22(4)12-15-8-6-5-7-14(15)3/h5-11,13H,12H2,1-4H3. The third-order valence-electron chi connectivity index (χ3n) is 4.18. The molecule has 0 spiro atoms. The first-order valence-electron chi connectivity index (χ1n) is 8.10. The van der Waals surface area contributed by atoms with E-state index in [0.29, 0.717) is 12.1 Å². The van der Waals surface area contributed by atoms with Crippen molar-refractivity contribution in [1.29, 1.82) is 0 Å². The SMILES string of the molecule is Cc1ccccc1CN(C)C(=O)c1cnc2c(cnn2C(C)C)c1. The molecule has 0 aliphatic rings. The van der Waals surface area contributed by atoms with Crippen molar-refractivity contribution < 1.29 is 4.79 Å². The second-order valence-electron chi connectivity index (χ2n) is 6.41. The molecule has 5 nitrogen and oxygen atoms in total. The van der Waals surface area contributed by atoms with Crippen LogP contribution >= 0.6 is 0 Å². The van der Waals surface area contributed by atoms with Gasteiger partial charge in [-0.2, -0.15) is 5.10 Å². The van der Waals surface area contributed by atoms with Crippen molar-refractivity contribution in [2.75, 3.05) is 7.05 Å². The quantitative estimate of drug-likeness (QED) is 0.737. The molecule has 1 amide bonds. The van der Waals surface area contributed by atoms with Crippen LogP contribution in [0.15, 0.2) is 42.7 Å². The summed E-state index contributed by atoms with van der Waals surface area (Å²) in [6, 6.07) is 10.2. The summed E-state index contributed by atoms with van der Waals surface area (Å²) in [4.78, 5) is 18.9. The number of nitrogens with zero attached hydrogens (tertiary/aromatic N) is 4. The van der Waals surface area contributed by atoms with Crippen molar-refractivity contribution in [3.63, 3.8) is 0 Å². The van der Waals surface area contributed by atoms with Crippen LogP contribution in [0.25, 0.3) is 11.0 Å². The maximum absolute atomic E-state index is 12.7. The second kappa shape index (κ2) is 6.43. The third kappa shape index (κ3) is 3.02. The molecule has 24 heavy (non-hydrogen) atoms. The zero-order valence-electron chi connectivity index (χ0n) is 14.5. The highest BCUT2D eigenvalue weighted by Crippen LogP contribution is 2.18. The van der Waals surface area contributed by atoms with Crippen LogP contribution in [0.3, 0.4) is 0 Å². The number of rotatable bonds is 4. The molecule has 0 fully saturated rings. The van der Waals surface area contributed by atoms with Crippen LogP contribution in [0.4, 0.5) is 0 Å². The smallest absolute Gasteiger partial charge is 0.255 e. The molecule has 0 saturated heterocycles. The first-order valence-corrected chi connectivity index (χ1v) is 8.10. The Kier molecular flexibility index (Phi) is 4.34. The van der Waals surface area contributed by atoms with E-state index >= 15 is 0 Å². The summed E-state index contributed by atoms with van der Waals surface area (Å²) >= 11 is 0. The van der Waals surface area contributed by atoms with Crippen molar-refractivity contribution in [2.45, 2.75) is 33.4 Å². The highest BCUT2D eigenvalue weighted by Gasteiger charge is 2.15. The van der Waals surface area contributed by atoms with E-state index in [1.54, 1.807) is 17.3 Å². The lowest BCUT2D eigenvalue weighted by atomic mass is 10.1. The molecule has 2 aromatic heterocycles. The van der Waals surface area contributed by atoms with Gasteiger partial charge in [0.2, 0.25) is 0 Å². The van der Waals surface area contributed by atoms with Gasteiger partial charge in [-0.1, -0.05) is 24.3 Å². The van der Waals surface area contributed by atoms with Gasteiger partial charge in [0.1, 0.15) is 0 Å². The van der Waals surface area contributed by atoms with Gasteiger partial charge in [-0.05, 0) is 38.0 Å². The summed E-state index contributed by atoms with van der Waals surface area (Å²) in [7, 11) is 1.82. The predicted octanol–water partition coefficient (Wildman–Crippen LogP) is 3.59. The first-order chi connectivity index (χ1) is 11.5. The molecule has 0 saturated carbocycles. The van der Waals surface area contributed by atoms with Crippen molar-refractivity contribution in [3.8, 4) is 0 Å². The maximum atomic E-state index is 12.7. The summed E-state index contributed by atoms with van der Waals surface area (Å²) in [6.07, 6.45) is 3.40. The molecule has 0 unspecified atom stereocenters.